The van der Waals surface area contributed by atoms with Crippen molar-refractivity contribution in [2.45, 2.75) is 25.0 Å². The molecule has 114 valence electrons. The zero-order valence-electron chi connectivity index (χ0n) is 11.3. The van der Waals surface area contributed by atoms with Gasteiger partial charge < -0.3 is 15.2 Å². The predicted octanol–water partition coefficient (Wildman–Crippen LogP) is 1.63. The lowest BCUT2D eigenvalue weighted by Crippen LogP contribution is -2.47. The molecule has 1 heterocycles. The lowest BCUT2D eigenvalue weighted by Gasteiger charge is -2.26. The number of nitrogens with one attached hydrogen (secondary N) is 1. The average Bonchev–Trinajstić information content (AvgIpc) is 2.77. The van der Waals surface area contributed by atoms with Crippen LogP contribution in [0.2, 0.25) is 0 Å². The lowest BCUT2D eigenvalue weighted by atomic mass is 9.96. The van der Waals surface area contributed by atoms with Crippen LogP contribution in [0.5, 0.6) is 0 Å². The van der Waals surface area contributed by atoms with Crippen LogP contribution in [0.15, 0.2) is 22.7 Å². The predicted molar refractivity (Wildman–Crippen MR) is 78.1 cm³/mol. The maximum atomic E-state index is 12.0. The number of nitro groups is 1. The van der Waals surface area contributed by atoms with Gasteiger partial charge in [0, 0.05) is 31.2 Å². The third-order valence-electron chi connectivity index (χ3n) is 3.62. The highest BCUT2D eigenvalue weighted by Gasteiger charge is 2.39. The van der Waals surface area contributed by atoms with Crippen molar-refractivity contribution in [2.75, 3.05) is 13.2 Å². The molecule has 7 nitrogen and oxygen atoms in total. The summed E-state index contributed by atoms with van der Waals surface area (Å²) < 4.78 is 5.58. The van der Waals surface area contributed by atoms with Crippen molar-refractivity contribution in [1.82, 2.24) is 5.32 Å². The summed E-state index contributed by atoms with van der Waals surface area (Å²) >= 11 is 3.06. The Kier molecular flexibility index (Phi) is 4.60. The Hall–Kier alpha value is -1.51. The molecule has 2 unspecified atom stereocenters. The Balaban J connectivity index is 2.07. The van der Waals surface area contributed by atoms with Crippen LogP contribution < -0.4 is 5.32 Å². The van der Waals surface area contributed by atoms with Crippen LogP contribution in [0.4, 0.5) is 5.69 Å². The number of ether oxygens (including phenoxy) is 1. The summed E-state index contributed by atoms with van der Waals surface area (Å²) in [6.07, 6.45) is 0.0756. The number of aliphatic hydroxyl groups is 1. The SMILES string of the molecule is CC1OCCC1(O)CNC(=O)c1ccc(Br)c([N+](=O)[O-])c1. The van der Waals surface area contributed by atoms with Gasteiger partial charge in [-0.2, -0.15) is 0 Å². The number of amides is 1. The molecule has 0 bridgehead atoms. The molecule has 2 rings (SSSR count). The number of hydrogen-bond donors (Lipinski definition) is 2. The van der Waals surface area contributed by atoms with Gasteiger partial charge in [-0.1, -0.05) is 0 Å². The molecule has 21 heavy (non-hydrogen) atoms. The highest BCUT2D eigenvalue weighted by atomic mass is 79.9. The number of hydrogen-bond acceptors (Lipinski definition) is 5. The number of nitro benzene ring substituents is 1. The Morgan fingerprint density at radius 3 is 2.95 bits per heavy atom. The van der Waals surface area contributed by atoms with E-state index in [0.29, 0.717) is 17.5 Å². The number of benzene rings is 1. The van der Waals surface area contributed by atoms with E-state index in [1.54, 1.807) is 6.92 Å². The summed E-state index contributed by atoms with van der Waals surface area (Å²) in [6, 6.07) is 4.12. The van der Waals surface area contributed by atoms with Crippen LogP contribution in [0, 0.1) is 10.1 Å². The van der Waals surface area contributed by atoms with E-state index < -0.39 is 16.4 Å². The first-order valence-corrected chi connectivity index (χ1v) is 7.19. The molecule has 1 aliphatic heterocycles. The van der Waals surface area contributed by atoms with Crippen molar-refractivity contribution in [1.29, 1.82) is 0 Å². The first-order valence-electron chi connectivity index (χ1n) is 6.39. The first kappa shape index (κ1) is 15.9. The van der Waals surface area contributed by atoms with Gasteiger partial charge in [0.25, 0.3) is 11.6 Å². The molecule has 8 heteroatoms. The van der Waals surface area contributed by atoms with Gasteiger partial charge >= 0.3 is 0 Å². The zero-order chi connectivity index (χ0) is 15.6. The summed E-state index contributed by atoms with van der Waals surface area (Å²) in [4.78, 5) is 22.3. The van der Waals surface area contributed by atoms with Crippen molar-refractivity contribution in [3.05, 3.63) is 38.3 Å². The van der Waals surface area contributed by atoms with Crippen LogP contribution in [0.1, 0.15) is 23.7 Å². The summed E-state index contributed by atoms with van der Waals surface area (Å²) in [5, 5.41) is 23.7. The van der Waals surface area contributed by atoms with Gasteiger partial charge in [-0.3, -0.25) is 14.9 Å². The molecule has 1 fully saturated rings. The largest absolute Gasteiger partial charge is 0.385 e. The first-order chi connectivity index (χ1) is 9.83. The number of halogens is 1. The maximum Gasteiger partial charge on any atom is 0.284 e. The minimum Gasteiger partial charge on any atom is -0.385 e. The normalized spacial score (nSPS) is 24.8. The maximum absolute atomic E-state index is 12.0. The highest BCUT2D eigenvalue weighted by Crippen LogP contribution is 2.27. The minimum absolute atomic E-state index is 0.0386. The number of rotatable bonds is 4. The van der Waals surface area contributed by atoms with Crippen LogP contribution in [0.3, 0.4) is 0 Å². The monoisotopic (exact) mass is 358 g/mol. The standard InChI is InChI=1S/C13H15BrN2O5/c1-8-13(18,4-5-21-8)7-15-12(17)9-2-3-10(14)11(6-9)16(19)20/h2-3,6,8,18H,4-5,7H2,1H3,(H,15,17). The van der Waals surface area contributed by atoms with E-state index in [4.69, 9.17) is 4.74 Å². The van der Waals surface area contributed by atoms with E-state index >= 15 is 0 Å². The van der Waals surface area contributed by atoms with Gasteiger partial charge in [0.2, 0.25) is 0 Å². The Bertz CT molecular complexity index is 580. The van der Waals surface area contributed by atoms with E-state index in [0.717, 1.165) is 0 Å². The van der Waals surface area contributed by atoms with Crippen molar-refractivity contribution in [2.24, 2.45) is 0 Å². The van der Waals surface area contributed by atoms with Gasteiger partial charge in [-0.05, 0) is 35.0 Å². The van der Waals surface area contributed by atoms with Crippen LogP contribution in [-0.4, -0.2) is 40.8 Å². The van der Waals surface area contributed by atoms with Crippen LogP contribution in [0.25, 0.3) is 0 Å². The second-order valence-corrected chi connectivity index (χ2v) is 5.83. The van der Waals surface area contributed by atoms with Gasteiger partial charge in [0.05, 0.1) is 15.5 Å². The van der Waals surface area contributed by atoms with E-state index in [1.165, 1.54) is 18.2 Å². The molecule has 0 spiro atoms. The summed E-state index contributed by atoms with van der Waals surface area (Å²) in [6.45, 7) is 2.22. The van der Waals surface area contributed by atoms with Gasteiger partial charge in [-0.25, -0.2) is 0 Å². The fourth-order valence-electron chi connectivity index (χ4n) is 2.13. The lowest BCUT2D eigenvalue weighted by molar-refractivity contribution is -0.385. The Morgan fingerprint density at radius 1 is 1.67 bits per heavy atom. The Morgan fingerprint density at radius 2 is 2.38 bits per heavy atom. The van der Waals surface area contributed by atoms with Gasteiger partial charge in [0.15, 0.2) is 0 Å². The van der Waals surface area contributed by atoms with E-state index in [9.17, 15) is 20.0 Å². The molecule has 1 amide bonds. The molecule has 2 atom stereocenters. The molecule has 2 N–H and O–H groups in total. The average molecular weight is 359 g/mol. The molecule has 1 saturated heterocycles. The van der Waals surface area contributed by atoms with Crippen LogP contribution in [-0.2, 0) is 4.74 Å². The van der Waals surface area contributed by atoms with Gasteiger partial charge in [0.1, 0.15) is 5.60 Å². The second kappa shape index (κ2) is 6.08. The minimum atomic E-state index is -1.10. The van der Waals surface area contributed by atoms with E-state index in [1.807, 2.05) is 0 Å². The van der Waals surface area contributed by atoms with Gasteiger partial charge in [-0.15, -0.1) is 0 Å². The zero-order valence-corrected chi connectivity index (χ0v) is 12.9. The van der Waals surface area contributed by atoms with Crippen LogP contribution >= 0.6 is 15.9 Å². The summed E-state index contributed by atoms with van der Waals surface area (Å²) in [5.41, 5.74) is -1.12. The summed E-state index contributed by atoms with van der Waals surface area (Å²) in [5.74, 6) is -0.474. The molecule has 0 aromatic heterocycles. The van der Waals surface area contributed by atoms with E-state index in [2.05, 4.69) is 21.2 Å². The number of carbonyl (C=O) groups excluding carboxylic acids is 1. The molecular weight excluding hydrogens is 344 g/mol. The molecule has 0 aliphatic carbocycles. The summed E-state index contributed by atoms with van der Waals surface area (Å²) in [7, 11) is 0. The molecule has 0 saturated carbocycles. The van der Waals surface area contributed by atoms with Crippen molar-refractivity contribution in [3.8, 4) is 0 Å². The molecule has 0 radical (unpaired) electrons. The third-order valence-corrected chi connectivity index (χ3v) is 4.29. The second-order valence-electron chi connectivity index (χ2n) is 4.97. The topological polar surface area (TPSA) is 102 Å². The van der Waals surface area contributed by atoms with Crippen molar-refractivity contribution < 1.29 is 19.6 Å². The van der Waals surface area contributed by atoms with Crippen molar-refractivity contribution in [3.63, 3.8) is 0 Å². The Labute approximate surface area is 129 Å². The smallest absolute Gasteiger partial charge is 0.284 e. The number of carbonyl (C=O) groups is 1. The van der Waals surface area contributed by atoms with E-state index in [-0.39, 0.29) is 23.9 Å². The molecule has 1 aliphatic rings. The third kappa shape index (κ3) is 3.39. The highest BCUT2D eigenvalue weighted by molar-refractivity contribution is 9.10. The fourth-order valence-corrected chi connectivity index (χ4v) is 2.52. The number of nitrogens with zero attached hydrogens (tertiary/aromatic N) is 1. The quantitative estimate of drug-likeness (QED) is 0.629. The fraction of sp³-hybridized carbons (Fsp3) is 0.462. The molecule has 1 aromatic rings. The van der Waals surface area contributed by atoms with Crippen molar-refractivity contribution >= 4 is 27.5 Å². The molecule has 1 aromatic carbocycles. The molecular formula is C13H15BrN2O5.